The molecule has 1 rings (SSSR count). The third-order valence-corrected chi connectivity index (χ3v) is 2.45. The molecule has 0 aliphatic carbocycles. The first kappa shape index (κ1) is 12.0. The molecule has 1 N–H and O–H groups in total. The molecule has 1 fully saturated rings. The first-order valence-corrected chi connectivity index (χ1v) is 5.59. The zero-order valence-electron chi connectivity index (χ0n) is 9.19. The van der Waals surface area contributed by atoms with Crippen LogP contribution in [-0.4, -0.2) is 12.1 Å². The van der Waals surface area contributed by atoms with Gasteiger partial charge in [0.15, 0.2) is 0 Å². The summed E-state index contributed by atoms with van der Waals surface area (Å²) >= 11 is 0. The van der Waals surface area contributed by atoms with Crippen LogP contribution in [0, 0.1) is 0 Å². The van der Waals surface area contributed by atoms with Gasteiger partial charge in [-0.1, -0.05) is 33.6 Å². The van der Waals surface area contributed by atoms with Gasteiger partial charge in [0.1, 0.15) is 0 Å². The van der Waals surface area contributed by atoms with Crippen molar-refractivity contribution in [1.29, 1.82) is 0 Å². The topological polar surface area (TPSA) is 12.0 Å². The molecule has 0 aromatic heterocycles. The Bertz CT molecular complexity index is 91.0. The monoisotopic (exact) mass is 171 g/mol. The maximum absolute atomic E-state index is 3.63. The molecule has 74 valence electrons. The molecule has 0 aromatic carbocycles. The van der Waals surface area contributed by atoms with Crippen molar-refractivity contribution in [2.24, 2.45) is 0 Å². The molecule has 12 heavy (non-hydrogen) atoms. The molecule has 0 spiro atoms. The molecule has 2 unspecified atom stereocenters. The van der Waals surface area contributed by atoms with Crippen molar-refractivity contribution in [2.75, 3.05) is 0 Å². The van der Waals surface area contributed by atoms with Gasteiger partial charge in [-0.05, 0) is 26.2 Å². The van der Waals surface area contributed by atoms with Gasteiger partial charge in [0, 0.05) is 12.1 Å². The largest absolute Gasteiger partial charge is 0.312 e. The Labute approximate surface area is 77.9 Å². The molecule has 0 radical (unpaired) electrons. The average molecular weight is 171 g/mol. The van der Waals surface area contributed by atoms with Crippen molar-refractivity contribution >= 4 is 0 Å². The Hall–Kier alpha value is -0.0400. The summed E-state index contributed by atoms with van der Waals surface area (Å²) in [6.45, 7) is 8.57. The van der Waals surface area contributed by atoms with Crippen LogP contribution in [0.15, 0.2) is 0 Å². The highest BCUT2D eigenvalue weighted by atomic mass is 14.9. The molecule has 1 aliphatic heterocycles. The van der Waals surface area contributed by atoms with E-state index >= 15 is 0 Å². The van der Waals surface area contributed by atoms with Gasteiger partial charge in [-0.2, -0.15) is 0 Å². The molecule has 1 heterocycles. The normalized spacial score (nSPS) is 30.0. The third kappa shape index (κ3) is 4.76. The highest BCUT2D eigenvalue weighted by Gasteiger charge is 2.13. The summed E-state index contributed by atoms with van der Waals surface area (Å²) in [5, 5.41) is 3.63. The predicted molar refractivity (Wildman–Crippen MR) is 56.5 cm³/mol. The summed E-state index contributed by atoms with van der Waals surface area (Å²) in [6, 6.07) is 1.56. The molecule has 1 nitrogen and oxygen atoms in total. The maximum atomic E-state index is 3.63. The molecular formula is C11H25N. The minimum absolute atomic E-state index is 0.757. The Balaban J connectivity index is 0.000000561. The van der Waals surface area contributed by atoms with E-state index in [2.05, 4.69) is 19.2 Å². The molecule has 1 heteroatoms. The van der Waals surface area contributed by atoms with Gasteiger partial charge in [0.05, 0.1) is 0 Å². The Morgan fingerprint density at radius 2 is 1.75 bits per heavy atom. The third-order valence-electron chi connectivity index (χ3n) is 2.45. The molecule has 0 amide bonds. The Kier molecular flexibility index (Phi) is 7.58. The van der Waals surface area contributed by atoms with Crippen molar-refractivity contribution in [3.8, 4) is 0 Å². The molecule has 1 aliphatic rings. The number of nitrogens with one attached hydrogen (secondary N) is 1. The summed E-state index contributed by atoms with van der Waals surface area (Å²) in [6.07, 6.45) is 6.90. The highest BCUT2D eigenvalue weighted by Crippen LogP contribution is 2.13. The van der Waals surface area contributed by atoms with Crippen molar-refractivity contribution in [2.45, 2.75) is 71.9 Å². The standard InChI is InChI=1S/C9H19N.C2H6/c1-3-9-7-5-4-6-8(2)10-9;1-2/h8-10H,3-7H2,1-2H3;1-2H3. The first-order valence-electron chi connectivity index (χ1n) is 5.59. The number of hydrogen-bond acceptors (Lipinski definition) is 1. The van der Waals surface area contributed by atoms with E-state index in [0.29, 0.717) is 0 Å². The minimum Gasteiger partial charge on any atom is -0.312 e. The fourth-order valence-corrected chi connectivity index (χ4v) is 1.73. The van der Waals surface area contributed by atoms with Crippen LogP contribution in [0.1, 0.15) is 59.8 Å². The van der Waals surface area contributed by atoms with Gasteiger partial charge in [0.25, 0.3) is 0 Å². The van der Waals surface area contributed by atoms with Crippen molar-refractivity contribution in [1.82, 2.24) is 5.32 Å². The fraction of sp³-hybridized carbons (Fsp3) is 1.00. The van der Waals surface area contributed by atoms with Gasteiger partial charge >= 0.3 is 0 Å². The predicted octanol–water partition coefficient (Wildman–Crippen LogP) is 3.34. The lowest BCUT2D eigenvalue weighted by molar-refractivity contribution is 0.439. The van der Waals surface area contributed by atoms with E-state index in [1.807, 2.05) is 13.8 Å². The second-order valence-corrected chi connectivity index (χ2v) is 3.46. The zero-order chi connectivity index (χ0) is 9.40. The van der Waals surface area contributed by atoms with E-state index < -0.39 is 0 Å². The minimum atomic E-state index is 0.757. The number of hydrogen-bond donors (Lipinski definition) is 1. The lowest BCUT2D eigenvalue weighted by Gasteiger charge is -2.17. The Morgan fingerprint density at radius 3 is 2.33 bits per heavy atom. The van der Waals surface area contributed by atoms with Crippen molar-refractivity contribution in [3.63, 3.8) is 0 Å². The summed E-state index contributed by atoms with van der Waals surface area (Å²) < 4.78 is 0. The van der Waals surface area contributed by atoms with Gasteiger partial charge in [-0.15, -0.1) is 0 Å². The second kappa shape index (κ2) is 7.60. The van der Waals surface area contributed by atoms with E-state index in [-0.39, 0.29) is 0 Å². The van der Waals surface area contributed by atoms with Crippen LogP contribution in [0.3, 0.4) is 0 Å². The summed E-state index contributed by atoms with van der Waals surface area (Å²) in [7, 11) is 0. The van der Waals surface area contributed by atoms with Crippen LogP contribution in [0.2, 0.25) is 0 Å². The maximum Gasteiger partial charge on any atom is 0.00669 e. The van der Waals surface area contributed by atoms with Gasteiger partial charge in [-0.3, -0.25) is 0 Å². The van der Waals surface area contributed by atoms with E-state index in [1.54, 1.807) is 0 Å². The van der Waals surface area contributed by atoms with Crippen LogP contribution in [-0.2, 0) is 0 Å². The van der Waals surface area contributed by atoms with E-state index in [9.17, 15) is 0 Å². The smallest absolute Gasteiger partial charge is 0.00669 e. The van der Waals surface area contributed by atoms with Crippen LogP contribution >= 0.6 is 0 Å². The van der Waals surface area contributed by atoms with Crippen LogP contribution in [0.25, 0.3) is 0 Å². The molecule has 2 atom stereocenters. The molecule has 1 saturated heterocycles. The average Bonchev–Trinajstić information content (AvgIpc) is 2.33. The first-order chi connectivity index (χ1) is 5.83. The van der Waals surface area contributed by atoms with E-state index in [0.717, 1.165) is 12.1 Å². The van der Waals surface area contributed by atoms with Gasteiger partial charge in [0.2, 0.25) is 0 Å². The quantitative estimate of drug-likeness (QED) is 0.638. The Morgan fingerprint density at radius 1 is 1.17 bits per heavy atom. The van der Waals surface area contributed by atoms with E-state index in [1.165, 1.54) is 32.1 Å². The van der Waals surface area contributed by atoms with E-state index in [4.69, 9.17) is 0 Å². The summed E-state index contributed by atoms with van der Waals surface area (Å²) in [5.41, 5.74) is 0. The summed E-state index contributed by atoms with van der Waals surface area (Å²) in [4.78, 5) is 0. The number of rotatable bonds is 1. The van der Waals surface area contributed by atoms with Crippen molar-refractivity contribution < 1.29 is 0 Å². The van der Waals surface area contributed by atoms with Crippen molar-refractivity contribution in [3.05, 3.63) is 0 Å². The molecule has 0 bridgehead atoms. The fourth-order valence-electron chi connectivity index (χ4n) is 1.73. The van der Waals surface area contributed by atoms with Gasteiger partial charge in [-0.25, -0.2) is 0 Å². The van der Waals surface area contributed by atoms with Crippen LogP contribution in [0.5, 0.6) is 0 Å². The lowest BCUT2D eigenvalue weighted by Crippen LogP contribution is -2.33. The van der Waals surface area contributed by atoms with Gasteiger partial charge < -0.3 is 5.32 Å². The second-order valence-electron chi connectivity index (χ2n) is 3.46. The molecule has 0 saturated carbocycles. The zero-order valence-corrected chi connectivity index (χ0v) is 9.19. The lowest BCUT2D eigenvalue weighted by atomic mass is 10.1. The summed E-state index contributed by atoms with van der Waals surface area (Å²) in [5.74, 6) is 0. The van der Waals surface area contributed by atoms with Crippen LogP contribution < -0.4 is 5.32 Å². The molecule has 0 aromatic rings. The van der Waals surface area contributed by atoms with Crippen LogP contribution in [0.4, 0.5) is 0 Å². The molecular weight excluding hydrogens is 146 g/mol. The SMILES string of the molecule is CC.CCC1CCCCC(C)N1. The highest BCUT2D eigenvalue weighted by molar-refractivity contribution is 4.74.